The highest BCUT2D eigenvalue weighted by Gasteiger charge is 2.12. The number of aliphatic hydroxyl groups is 1. The molecule has 0 spiro atoms. The zero-order chi connectivity index (χ0) is 14.8. The highest BCUT2D eigenvalue weighted by molar-refractivity contribution is 6.33. The summed E-state index contributed by atoms with van der Waals surface area (Å²) < 4.78 is 0. The Balaban J connectivity index is 1.89. The summed E-state index contributed by atoms with van der Waals surface area (Å²) in [7, 11) is 0. The van der Waals surface area contributed by atoms with Crippen LogP contribution >= 0.6 is 23.2 Å². The zero-order valence-corrected chi connectivity index (χ0v) is 12.8. The van der Waals surface area contributed by atoms with E-state index in [-0.39, 0.29) is 0 Å². The second-order valence-corrected chi connectivity index (χ2v) is 5.91. The molecule has 3 rings (SSSR count). The fourth-order valence-corrected chi connectivity index (χ4v) is 2.83. The molecule has 0 radical (unpaired) electrons. The van der Waals surface area contributed by atoms with Crippen LogP contribution < -0.4 is 0 Å². The van der Waals surface area contributed by atoms with Gasteiger partial charge in [0.15, 0.2) is 0 Å². The Labute approximate surface area is 133 Å². The van der Waals surface area contributed by atoms with Crippen molar-refractivity contribution in [1.29, 1.82) is 0 Å². The Morgan fingerprint density at radius 1 is 0.857 bits per heavy atom. The normalized spacial score (nSPS) is 12.5. The largest absolute Gasteiger partial charge is 0.388 e. The molecule has 0 aliphatic heterocycles. The number of rotatable bonds is 3. The van der Waals surface area contributed by atoms with E-state index in [1.54, 1.807) is 18.2 Å². The van der Waals surface area contributed by atoms with Crippen LogP contribution in [0, 0.1) is 0 Å². The first-order valence-corrected chi connectivity index (χ1v) is 7.50. The molecule has 1 nitrogen and oxygen atoms in total. The van der Waals surface area contributed by atoms with Gasteiger partial charge in [0.1, 0.15) is 0 Å². The van der Waals surface area contributed by atoms with Gasteiger partial charge in [-0.05, 0) is 46.2 Å². The molecule has 0 bridgehead atoms. The van der Waals surface area contributed by atoms with Crippen molar-refractivity contribution >= 4 is 34.0 Å². The van der Waals surface area contributed by atoms with Crippen LogP contribution in [0.5, 0.6) is 0 Å². The van der Waals surface area contributed by atoms with Crippen LogP contribution in [0.1, 0.15) is 17.2 Å². The second-order valence-electron chi connectivity index (χ2n) is 5.06. The molecule has 0 fully saturated rings. The average molecular weight is 317 g/mol. The van der Waals surface area contributed by atoms with Crippen molar-refractivity contribution in [1.82, 2.24) is 0 Å². The average Bonchev–Trinajstić information content (AvgIpc) is 2.50. The van der Waals surface area contributed by atoms with Crippen molar-refractivity contribution in [2.75, 3.05) is 0 Å². The first-order chi connectivity index (χ1) is 10.1. The smallest absolute Gasteiger partial charge is 0.0831 e. The number of fused-ring (bicyclic) bond motifs is 1. The van der Waals surface area contributed by atoms with Gasteiger partial charge in [-0.15, -0.1) is 0 Å². The first kappa shape index (κ1) is 14.4. The number of aliphatic hydroxyl groups excluding tert-OH is 1. The predicted octanol–water partition coefficient (Wildman–Crippen LogP) is 5.42. The second kappa shape index (κ2) is 6.07. The van der Waals surface area contributed by atoms with Gasteiger partial charge in [0, 0.05) is 16.5 Å². The fourth-order valence-electron chi connectivity index (χ4n) is 2.44. The molecule has 106 valence electrons. The number of benzene rings is 3. The summed E-state index contributed by atoms with van der Waals surface area (Å²) in [5.41, 5.74) is 1.73. The third-order valence-corrected chi connectivity index (χ3v) is 4.18. The maximum Gasteiger partial charge on any atom is 0.0831 e. The first-order valence-electron chi connectivity index (χ1n) is 6.74. The van der Waals surface area contributed by atoms with E-state index in [1.165, 1.54) is 0 Å². The molecule has 1 N–H and O–H groups in total. The predicted molar refractivity (Wildman–Crippen MR) is 89.1 cm³/mol. The molecule has 0 aliphatic rings. The van der Waals surface area contributed by atoms with Crippen LogP contribution in [0.25, 0.3) is 10.8 Å². The van der Waals surface area contributed by atoms with Gasteiger partial charge in [0.2, 0.25) is 0 Å². The molecule has 0 aliphatic carbocycles. The molecule has 0 saturated heterocycles. The molecule has 0 saturated carbocycles. The lowest BCUT2D eigenvalue weighted by molar-refractivity contribution is 0.178. The topological polar surface area (TPSA) is 20.2 Å². The Morgan fingerprint density at radius 2 is 1.62 bits per heavy atom. The lowest BCUT2D eigenvalue weighted by Crippen LogP contribution is -2.02. The van der Waals surface area contributed by atoms with Crippen molar-refractivity contribution in [3.8, 4) is 0 Å². The fraction of sp³-hybridized carbons (Fsp3) is 0.111. The number of hydrogen-bond donors (Lipinski definition) is 1. The van der Waals surface area contributed by atoms with Gasteiger partial charge in [-0.3, -0.25) is 0 Å². The van der Waals surface area contributed by atoms with E-state index in [4.69, 9.17) is 23.2 Å². The SMILES string of the molecule is OC(Cc1cc(Cl)ccc1Cl)c1ccc2ccccc2c1. The van der Waals surface area contributed by atoms with Crippen molar-refractivity contribution < 1.29 is 5.11 Å². The summed E-state index contributed by atoms with van der Waals surface area (Å²) in [4.78, 5) is 0. The third kappa shape index (κ3) is 3.21. The van der Waals surface area contributed by atoms with Crippen molar-refractivity contribution in [3.63, 3.8) is 0 Å². The molecular weight excluding hydrogens is 303 g/mol. The Morgan fingerprint density at radius 3 is 2.43 bits per heavy atom. The van der Waals surface area contributed by atoms with E-state index in [1.807, 2.05) is 36.4 Å². The van der Waals surface area contributed by atoms with Gasteiger partial charge in [0.05, 0.1) is 6.10 Å². The highest BCUT2D eigenvalue weighted by Crippen LogP contribution is 2.27. The molecule has 0 heterocycles. The number of halogens is 2. The maximum absolute atomic E-state index is 10.4. The standard InChI is InChI=1S/C18H14Cl2O/c19-16-7-8-17(20)15(10-16)11-18(21)14-6-5-12-3-1-2-4-13(12)9-14/h1-10,18,21H,11H2. The summed E-state index contributed by atoms with van der Waals surface area (Å²) in [5.74, 6) is 0. The van der Waals surface area contributed by atoms with Crippen LogP contribution in [0.4, 0.5) is 0 Å². The van der Waals surface area contributed by atoms with Crippen molar-refractivity contribution in [2.24, 2.45) is 0 Å². The van der Waals surface area contributed by atoms with E-state index in [2.05, 4.69) is 6.07 Å². The molecule has 21 heavy (non-hydrogen) atoms. The van der Waals surface area contributed by atoms with Crippen LogP contribution in [0.2, 0.25) is 10.0 Å². The maximum atomic E-state index is 10.4. The highest BCUT2D eigenvalue weighted by atomic mass is 35.5. The van der Waals surface area contributed by atoms with Crippen LogP contribution in [-0.2, 0) is 6.42 Å². The molecular formula is C18H14Cl2O. The molecule has 0 aromatic heterocycles. The van der Waals surface area contributed by atoms with Gasteiger partial charge >= 0.3 is 0 Å². The van der Waals surface area contributed by atoms with Crippen molar-refractivity contribution in [3.05, 3.63) is 81.8 Å². The minimum atomic E-state index is -0.606. The van der Waals surface area contributed by atoms with E-state index >= 15 is 0 Å². The molecule has 3 heteroatoms. The lowest BCUT2D eigenvalue weighted by Gasteiger charge is -2.13. The summed E-state index contributed by atoms with van der Waals surface area (Å²) in [6, 6.07) is 19.4. The summed E-state index contributed by atoms with van der Waals surface area (Å²) in [6.45, 7) is 0. The summed E-state index contributed by atoms with van der Waals surface area (Å²) in [6.07, 6.45) is -0.164. The Bertz CT molecular complexity index is 783. The van der Waals surface area contributed by atoms with E-state index < -0.39 is 6.10 Å². The lowest BCUT2D eigenvalue weighted by atomic mass is 9.98. The Hall–Kier alpha value is -1.54. The van der Waals surface area contributed by atoms with Gasteiger partial charge in [-0.1, -0.05) is 59.6 Å². The van der Waals surface area contributed by atoms with Gasteiger partial charge < -0.3 is 5.11 Å². The number of hydrogen-bond acceptors (Lipinski definition) is 1. The summed E-state index contributed by atoms with van der Waals surface area (Å²) in [5, 5.41) is 14.0. The van der Waals surface area contributed by atoms with Gasteiger partial charge in [-0.25, -0.2) is 0 Å². The molecule has 3 aromatic rings. The summed E-state index contributed by atoms with van der Waals surface area (Å²) >= 11 is 12.1. The van der Waals surface area contributed by atoms with Crippen LogP contribution in [-0.4, -0.2) is 5.11 Å². The molecule has 0 amide bonds. The van der Waals surface area contributed by atoms with Crippen molar-refractivity contribution in [2.45, 2.75) is 12.5 Å². The monoisotopic (exact) mass is 316 g/mol. The zero-order valence-electron chi connectivity index (χ0n) is 11.3. The van der Waals surface area contributed by atoms with E-state index in [0.717, 1.165) is 21.9 Å². The minimum absolute atomic E-state index is 0.442. The quantitative estimate of drug-likeness (QED) is 0.683. The van der Waals surface area contributed by atoms with Gasteiger partial charge in [0.25, 0.3) is 0 Å². The third-order valence-electron chi connectivity index (χ3n) is 3.58. The molecule has 1 unspecified atom stereocenters. The van der Waals surface area contributed by atoms with Crippen LogP contribution in [0.3, 0.4) is 0 Å². The van der Waals surface area contributed by atoms with Crippen LogP contribution in [0.15, 0.2) is 60.7 Å². The van der Waals surface area contributed by atoms with E-state index in [0.29, 0.717) is 16.5 Å². The molecule has 1 atom stereocenters. The molecule has 3 aromatic carbocycles. The van der Waals surface area contributed by atoms with E-state index in [9.17, 15) is 5.11 Å². The minimum Gasteiger partial charge on any atom is -0.388 e. The van der Waals surface area contributed by atoms with Gasteiger partial charge in [-0.2, -0.15) is 0 Å². The Kier molecular flexibility index (Phi) is 4.16.